The van der Waals surface area contributed by atoms with Crippen LogP contribution in [0.3, 0.4) is 0 Å². The van der Waals surface area contributed by atoms with Crippen LogP contribution in [0.15, 0.2) is 54.7 Å². The van der Waals surface area contributed by atoms with Crippen LogP contribution in [0, 0.1) is 18.2 Å². The summed E-state index contributed by atoms with van der Waals surface area (Å²) < 4.78 is 33.1. The lowest BCUT2D eigenvalue weighted by atomic mass is 9.80. The van der Waals surface area contributed by atoms with Crippen LogP contribution in [-0.2, 0) is 11.3 Å². The quantitative estimate of drug-likeness (QED) is 0.342. The van der Waals surface area contributed by atoms with Crippen molar-refractivity contribution >= 4 is 23.6 Å². The molecule has 4 N–H and O–H groups in total. The largest absolute Gasteiger partial charge is 0.445 e. The molecule has 0 radical (unpaired) electrons. The van der Waals surface area contributed by atoms with Gasteiger partial charge in [-0.05, 0) is 30.5 Å². The van der Waals surface area contributed by atoms with Crippen LogP contribution in [0.1, 0.15) is 52.1 Å². The molecular weight excluding hydrogens is 510 g/mol. The summed E-state index contributed by atoms with van der Waals surface area (Å²) in [4.78, 5) is 41.5. The standard InChI is InChI=1S/C27H26F2N6O4/c1-30-27(16-31-26(38)39-15-17-6-3-2-4-7-17)12-10-18(11-13-27)33-25(37)23-21(14-32-35-23)34-24(36)22-19(28)8-5-9-20(22)29/h1-9,14,18H,10-13,15-16H2,(H3-,31,32,33,34,35,36,37,38)/p+1. The summed E-state index contributed by atoms with van der Waals surface area (Å²) in [5.74, 6) is -3.67. The summed E-state index contributed by atoms with van der Waals surface area (Å²) in [5.41, 5.74) is -0.703. The number of aromatic nitrogens is 2. The van der Waals surface area contributed by atoms with Crippen molar-refractivity contribution in [1.29, 1.82) is 0 Å². The molecule has 1 saturated carbocycles. The number of carbonyl (C=O) groups is 3. The van der Waals surface area contributed by atoms with E-state index in [2.05, 4.69) is 31.0 Å². The Balaban J connectivity index is 1.27. The molecule has 3 aromatic rings. The number of aromatic amines is 1. The maximum absolute atomic E-state index is 13.9. The highest BCUT2D eigenvalue weighted by molar-refractivity contribution is 6.08. The Morgan fingerprint density at radius 2 is 1.74 bits per heavy atom. The van der Waals surface area contributed by atoms with Gasteiger partial charge in [0.15, 0.2) is 0 Å². The normalized spacial score (nSPS) is 18.4. The van der Waals surface area contributed by atoms with Crippen molar-refractivity contribution in [3.8, 4) is 6.57 Å². The molecule has 39 heavy (non-hydrogen) atoms. The Bertz CT molecular complexity index is 1360. The van der Waals surface area contributed by atoms with Crippen molar-refractivity contribution in [2.75, 3.05) is 11.9 Å². The van der Waals surface area contributed by atoms with E-state index >= 15 is 0 Å². The van der Waals surface area contributed by atoms with Gasteiger partial charge in [-0.2, -0.15) is 5.10 Å². The van der Waals surface area contributed by atoms with E-state index in [9.17, 15) is 23.2 Å². The molecule has 1 fully saturated rings. The second-order valence-electron chi connectivity index (χ2n) is 9.23. The average molecular weight is 538 g/mol. The van der Waals surface area contributed by atoms with Gasteiger partial charge in [-0.3, -0.25) is 14.7 Å². The van der Waals surface area contributed by atoms with Crippen LogP contribution in [-0.4, -0.2) is 46.2 Å². The molecule has 0 bridgehead atoms. The van der Waals surface area contributed by atoms with Crippen molar-refractivity contribution in [2.24, 2.45) is 0 Å². The highest BCUT2D eigenvalue weighted by Crippen LogP contribution is 2.32. The minimum Gasteiger partial charge on any atom is -0.445 e. The molecule has 202 valence electrons. The molecule has 0 spiro atoms. The van der Waals surface area contributed by atoms with Gasteiger partial charge in [0.05, 0.1) is 11.9 Å². The minimum absolute atomic E-state index is 0.0273. The van der Waals surface area contributed by atoms with Gasteiger partial charge in [-0.15, -0.1) is 0 Å². The van der Waals surface area contributed by atoms with Gasteiger partial charge in [-0.1, -0.05) is 41.2 Å². The van der Waals surface area contributed by atoms with Crippen LogP contribution in [0.25, 0.3) is 4.85 Å². The SMILES string of the molecule is C#[N+]C1(CNC(=O)OCc2ccccc2)CCC(NC(=O)c2[nH]ncc2NC(=O)c2c(F)cccc2F)CC1. The molecule has 0 saturated heterocycles. The number of carbonyl (C=O) groups excluding carboxylic acids is 3. The van der Waals surface area contributed by atoms with E-state index in [-0.39, 0.29) is 30.6 Å². The molecule has 1 aliphatic carbocycles. The Kier molecular flexibility index (Phi) is 8.50. The molecule has 1 aromatic heterocycles. The van der Waals surface area contributed by atoms with Gasteiger partial charge in [0.1, 0.15) is 36.0 Å². The van der Waals surface area contributed by atoms with Crippen LogP contribution < -0.4 is 16.0 Å². The van der Waals surface area contributed by atoms with Crippen LogP contribution >= 0.6 is 0 Å². The van der Waals surface area contributed by atoms with Crippen molar-refractivity contribution in [3.63, 3.8) is 0 Å². The predicted molar refractivity (Wildman–Crippen MR) is 138 cm³/mol. The molecule has 0 atom stereocenters. The number of benzene rings is 2. The summed E-state index contributed by atoms with van der Waals surface area (Å²) in [7, 11) is 0. The van der Waals surface area contributed by atoms with Gasteiger partial charge in [-0.25, -0.2) is 13.6 Å². The van der Waals surface area contributed by atoms with Crippen LogP contribution in [0.5, 0.6) is 0 Å². The van der Waals surface area contributed by atoms with E-state index in [1.807, 2.05) is 30.3 Å². The molecule has 10 nitrogen and oxygen atoms in total. The Morgan fingerprint density at radius 1 is 1.05 bits per heavy atom. The number of nitrogens with zero attached hydrogens (tertiary/aromatic N) is 2. The number of hydrogen-bond donors (Lipinski definition) is 4. The van der Waals surface area contributed by atoms with Gasteiger partial charge < -0.3 is 20.7 Å². The number of nitrogens with one attached hydrogen (secondary N) is 4. The molecule has 1 aliphatic rings. The smallest absolute Gasteiger partial charge is 0.407 e. The van der Waals surface area contributed by atoms with E-state index in [0.717, 1.165) is 23.8 Å². The third-order valence-electron chi connectivity index (χ3n) is 6.60. The van der Waals surface area contributed by atoms with Crippen molar-refractivity contribution < 1.29 is 27.9 Å². The zero-order valence-electron chi connectivity index (χ0n) is 20.9. The fourth-order valence-electron chi connectivity index (χ4n) is 4.37. The highest BCUT2D eigenvalue weighted by Gasteiger charge is 2.45. The number of rotatable bonds is 8. The van der Waals surface area contributed by atoms with E-state index in [1.165, 1.54) is 6.20 Å². The van der Waals surface area contributed by atoms with Gasteiger partial charge >= 0.3 is 6.09 Å². The summed E-state index contributed by atoms with van der Waals surface area (Å²) in [6.07, 6.45) is 2.61. The number of ether oxygens (including phenoxy) is 1. The maximum Gasteiger partial charge on any atom is 0.407 e. The lowest BCUT2D eigenvalue weighted by molar-refractivity contribution is 0.0917. The lowest BCUT2D eigenvalue weighted by Crippen LogP contribution is -2.47. The zero-order valence-corrected chi connectivity index (χ0v) is 20.9. The van der Waals surface area contributed by atoms with Crippen molar-refractivity contribution in [1.82, 2.24) is 20.8 Å². The second-order valence-corrected chi connectivity index (χ2v) is 9.23. The molecule has 0 unspecified atom stereocenters. The third kappa shape index (κ3) is 6.75. The van der Waals surface area contributed by atoms with Crippen LogP contribution in [0.2, 0.25) is 0 Å². The van der Waals surface area contributed by atoms with E-state index in [0.29, 0.717) is 25.7 Å². The first-order valence-corrected chi connectivity index (χ1v) is 12.3. The summed E-state index contributed by atoms with van der Waals surface area (Å²) >= 11 is 0. The predicted octanol–water partition coefficient (Wildman–Crippen LogP) is 4.24. The topological polar surface area (TPSA) is 130 Å². The van der Waals surface area contributed by atoms with Crippen molar-refractivity contribution in [3.05, 3.63) is 88.0 Å². The van der Waals surface area contributed by atoms with Gasteiger partial charge in [0.2, 0.25) is 0 Å². The second kappa shape index (κ2) is 12.2. The first-order chi connectivity index (χ1) is 18.8. The Labute approximate surface area is 222 Å². The third-order valence-corrected chi connectivity index (χ3v) is 6.60. The lowest BCUT2D eigenvalue weighted by Gasteiger charge is -2.29. The van der Waals surface area contributed by atoms with E-state index in [4.69, 9.17) is 11.3 Å². The molecule has 1 heterocycles. The number of halogens is 2. The molecule has 0 aliphatic heterocycles. The summed E-state index contributed by atoms with van der Waals surface area (Å²) in [5, 5.41) is 14.2. The number of alkyl carbamates (subject to hydrolysis) is 1. The molecule has 4 rings (SSSR count). The fraction of sp³-hybridized carbons (Fsp3) is 0.296. The first kappa shape index (κ1) is 27.3. The summed E-state index contributed by atoms with van der Waals surface area (Å²) in [6, 6.07) is 12.1. The number of anilines is 1. The highest BCUT2D eigenvalue weighted by atomic mass is 19.1. The molecule has 3 amide bonds. The van der Waals surface area contributed by atoms with Crippen molar-refractivity contribution in [2.45, 2.75) is 43.9 Å². The zero-order chi connectivity index (χ0) is 27.8. The summed E-state index contributed by atoms with van der Waals surface area (Å²) in [6.45, 7) is 6.01. The van der Waals surface area contributed by atoms with E-state index in [1.54, 1.807) is 0 Å². The first-order valence-electron chi connectivity index (χ1n) is 12.3. The van der Waals surface area contributed by atoms with Gasteiger partial charge in [0, 0.05) is 18.9 Å². The van der Waals surface area contributed by atoms with Gasteiger partial charge in [0.25, 0.3) is 23.9 Å². The molecule has 12 heteroatoms. The Morgan fingerprint density at radius 3 is 2.41 bits per heavy atom. The minimum atomic E-state index is -1.05. The maximum atomic E-state index is 13.9. The molecule has 2 aromatic carbocycles. The van der Waals surface area contributed by atoms with Crippen LogP contribution in [0.4, 0.5) is 19.3 Å². The van der Waals surface area contributed by atoms with E-state index < -0.39 is 40.6 Å². The average Bonchev–Trinajstić information content (AvgIpc) is 3.40. The molecular formula is C27H27F2N6O4+. The number of hydrogen-bond acceptors (Lipinski definition) is 5. The number of amides is 3. The monoisotopic (exact) mass is 537 g/mol. The number of H-pyrrole nitrogens is 1. The Hall–Kier alpha value is -4.79. The fourth-order valence-corrected chi connectivity index (χ4v) is 4.37.